The molecule has 0 amide bonds. The number of piperazine rings is 1. The second-order valence-corrected chi connectivity index (χ2v) is 5.11. The molecule has 2 rings (SSSR count). The van der Waals surface area contributed by atoms with Gasteiger partial charge in [-0.25, -0.2) is 9.97 Å². The van der Waals surface area contributed by atoms with Gasteiger partial charge < -0.3 is 5.32 Å². The number of nitrogens with one attached hydrogen (secondary N) is 1. The van der Waals surface area contributed by atoms with Crippen LogP contribution in [0, 0.1) is 6.92 Å². The lowest BCUT2D eigenvalue weighted by molar-refractivity contribution is 0.197. The summed E-state index contributed by atoms with van der Waals surface area (Å²) in [6, 6.07) is 0.378. The average molecular weight is 234 g/mol. The standard InChI is InChI=1S/C13H22N4/c1-9(2)11-7-15-10(3)16-13(11)12-8-14-5-6-17(12)4/h7,9,12,14H,5-6,8H2,1-4H3. The Kier molecular flexibility index (Phi) is 3.74. The van der Waals surface area contributed by atoms with Crippen LogP contribution in [0.25, 0.3) is 0 Å². The summed E-state index contributed by atoms with van der Waals surface area (Å²) in [6.07, 6.45) is 1.99. The lowest BCUT2D eigenvalue weighted by Gasteiger charge is -2.34. The van der Waals surface area contributed by atoms with Crippen LogP contribution >= 0.6 is 0 Å². The van der Waals surface area contributed by atoms with Gasteiger partial charge in [0.25, 0.3) is 0 Å². The Labute approximate surface area is 103 Å². The number of nitrogens with zero attached hydrogens (tertiary/aromatic N) is 3. The molecular weight excluding hydrogens is 212 g/mol. The summed E-state index contributed by atoms with van der Waals surface area (Å²) in [7, 11) is 2.17. The van der Waals surface area contributed by atoms with Crippen LogP contribution in [0.2, 0.25) is 0 Å². The van der Waals surface area contributed by atoms with Gasteiger partial charge in [-0.15, -0.1) is 0 Å². The van der Waals surface area contributed by atoms with E-state index in [0.717, 1.165) is 25.5 Å². The third-order valence-electron chi connectivity index (χ3n) is 3.42. The highest BCUT2D eigenvalue weighted by molar-refractivity contribution is 5.25. The summed E-state index contributed by atoms with van der Waals surface area (Å²) in [5.41, 5.74) is 2.47. The van der Waals surface area contributed by atoms with Crippen molar-refractivity contribution in [3.05, 3.63) is 23.3 Å². The number of rotatable bonds is 2. The summed E-state index contributed by atoms with van der Waals surface area (Å²) >= 11 is 0. The van der Waals surface area contributed by atoms with Crippen molar-refractivity contribution < 1.29 is 0 Å². The Bertz CT molecular complexity index is 389. The zero-order valence-electron chi connectivity index (χ0n) is 11.2. The fourth-order valence-electron chi connectivity index (χ4n) is 2.32. The van der Waals surface area contributed by atoms with Crippen LogP contribution in [0.4, 0.5) is 0 Å². The number of aryl methyl sites for hydroxylation is 1. The van der Waals surface area contributed by atoms with Crippen molar-refractivity contribution >= 4 is 0 Å². The van der Waals surface area contributed by atoms with Crippen LogP contribution < -0.4 is 5.32 Å². The number of hydrogen-bond donors (Lipinski definition) is 1. The van der Waals surface area contributed by atoms with Crippen molar-refractivity contribution in [3.8, 4) is 0 Å². The number of likely N-dealkylation sites (N-methyl/N-ethyl adjacent to an activating group) is 1. The highest BCUT2D eigenvalue weighted by atomic mass is 15.2. The fourth-order valence-corrected chi connectivity index (χ4v) is 2.32. The number of hydrogen-bond acceptors (Lipinski definition) is 4. The average Bonchev–Trinajstić information content (AvgIpc) is 2.29. The third kappa shape index (κ3) is 2.64. The minimum Gasteiger partial charge on any atom is -0.313 e. The zero-order valence-corrected chi connectivity index (χ0v) is 11.2. The third-order valence-corrected chi connectivity index (χ3v) is 3.42. The van der Waals surface area contributed by atoms with Gasteiger partial charge >= 0.3 is 0 Å². The molecule has 0 bridgehead atoms. The molecule has 0 aromatic carbocycles. The molecule has 4 nitrogen and oxygen atoms in total. The van der Waals surface area contributed by atoms with Crippen LogP contribution in [0.15, 0.2) is 6.20 Å². The van der Waals surface area contributed by atoms with E-state index >= 15 is 0 Å². The molecule has 1 N–H and O–H groups in total. The molecular formula is C13H22N4. The van der Waals surface area contributed by atoms with Crippen molar-refractivity contribution in [3.63, 3.8) is 0 Å². The Balaban J connectivity index is 2.37. The van der Waals surface area contributed by atoms with E-state index in [4.69, 9.17) is 0 Å². The summed E-state index contributed by atoms with van der Waals surface area (Å²) in [6.45, 7) is 9.48. The predicted molar refractivity (Wildman–Crippen MR) is 69.1 cm³/mol. The topological polar surface area (TPSA) is 41.1 Å². The van der Waals surface area contributed by atoms with E-state index in [0.29, 0.717) is 12.0 Å². The largest absolute Gasteiger partial charge is 0.313 e. The maximum absolute atomic E-state index is 4.68. The fraction of sp³-hybridized carbons (Fsp3) is 0.692. The summed E-state index contributed by atoms with van der Waals surface area (Å²) in [5, 5.41) is 3.45. The van der Waals surface area contributed by atoms with Crippen molar-refractivity contribution in [2.24, 2.45) is 0 Å². The van der Waals surface area contributed by atoms with Crippen LogP contribution in [0.1, 0.15) is 42.9 Å². The highest BCUT2D eigenvalue weighted by Crippen LogP contribution is 2.26. The van der Waals surface area contributed by atoms with Crippen LogP contribution in [0.5, 0.6) is 0 Å². The van der Waals surface area contributed by atoms with E-state index in [-0.39, 0.29) is 0 Å². The van der Waals surface area contributed by atoms with Crippen LogP contribution in [-0.4, -0.2) is 41.5 Å². The lowest BCUT2D eigenvalue weighted by Crippen LogP contribution is -2.44. The highest BCUT2D eigenvalue weighted by Gasteiger charge is 2.25. The molecule has 1 unspecified atom stereocenters. The first-order valence-electron chi connectivity index (χ1n) is 6.34. The second-order valence-electron chi connectivity index (χ2n) is 5.11. The number of aromatic nitrogens is 2. The maximum atomic E-state index is 4.68. The van der Waals surface area contributed by atoms with E-state index < -0.39 is 0 Å². The van der Waals surface area contributed by atoms with Crippen molar-refractivity contribution in [2.45, 2.75) is 32.7 Å². The first-order chi connectivity index (χ1) is 8.09. The SMILES string of the molecule is Cc1ncc(C(C)C)c(C2CNCCN2C)n1. The summed E-state index contributed by atoms with van der Waals surface area (Å²) < 4.78 is 0. The Morgan fingerprint density at radius 3 is 2.88 bits per heavy atom. The molecule has 0 aliphatic carbocycles. The Hall–Kier alpha value is -1.00. The van der Waals surface area contributed by atoms with Crippen molar-refractivity contribution in [2.75, 3.05) is 26.7 Å². The maximum Gasteiger partial charge on any atom is 0.125 e. The van der Waals surface area contributed by atoms with Gasteiger partial charge in [-0.1, -0.05) is 13.8 Å². The van der Waals surface area contributed by atoms with E-state index in [9.17, 15) is 0 Å². The molecule has 1 aromatic heterocycles. The molecule has 0 spiro atoms. The van der Waals surface area contributed by atoms with E-state index in [1.165, 1.54) is 11.3 Å². The van der Waals surface area contributed by atoms with Gasteiger partial charge in [0.2, 0.25) is 0 Å². The van der Waals surface area contributed by atoms with Crippen LogP contribution in [-0.2, 0) is 0 Å². The molecule has 0 saturated carbocycles. The predicted octanol–water partition coefficient (Wildman–Crippen LogP) is 1.48. The smallest absolute Gasteiger partial charge is 0.125 e. The molecule has 4 heteroatoms. The van der Waals surface area contributed by atoms with Gasteiger partial charge in [0.1, 0.15) is 5.82 Å². The molecule has 17 heavy (non-hydrogen) atoms. The molecule has 2 heterocycles. The monoisotopic (exact) mass is 234 g/mol. The lowest BCUT2D eigenvalue weighted by atomic mass is 9.97. The normalized spacial score (nSPS) is 22.1. The van der Waals surface area contributed by atoms with Gasteiger partial charge in [0.05, 0.1) is 11.7 Å². The Morgan fingerprint density at radius 1 is 1.47 bits per heavy atom. The molecule has 1 aliphatic heterocycles. The van der Waals surface area contributed by atoms with E-state index in [1.807, 2.05) is 13.1 Å². The molecule has 0 radical (unpaired) electrons. The van der Waals surface area contributed by atoms with E-state index in [1.54, 1.807) is 0 Å². The summed E-state index contributed by atoms with van der Waals surface area (Å²) in [5.74, 6) is 1.34. The van der Waals surface area contributed by atoms with Gasteiger partial charge in [-0.2, -0.15) is 0 Å². The molecule has 94 valence electrons. The molecule has 1 fully saturated rings. The second kappa shape index (κ2) is 5.10. The van der Waals surface area contributed by atoms with Gasteiger partial charge in [-0.05, 0) is 25.5 Å². The van der Waals surface area contributed by atoms with Gasteiger partial charge in [0, 0.05) is 25.8 Å². The molecule has 1 aromatic rings. The van der Waals surface area contributed by atoms with Crippen molar-refractivity contribution in [1.82, 2.24) is 20.2 Å². The minimum atomic E-state index is 0.378. The first kappa shape index (κ1) is 12.5. The van der Waals surface area contributed by atoms with Crippen LogP contribution in [0.3, 0.4) is 0 Å². The zero-order chi connectivity index (χ0) is 12.4. The minimum absolute atomic E-state index is 0.378. The Morgan fingerprint density at radius 2 is 2.24 bits per heavy atom. The molecule has 1 atom stereocenters. The quantitative estimate of drug-likeness (QED) is 0.841. The molecule has 1 aliphatic rings. The van der Waals surface area contributed by atoms with Gasteiger partial charge in [-0.3, -0.25) is 4.90 Å². The van der Waals surface area contributed by atoms with Crippen molar-refractivity contribution in [1.29, 1.82) is 0 Å². The summed E-state index contributed by atoms with van der Waals surface area (Å²) in [4.78, 5) is 11.4. The molecule has 1 saturated heterocycles. The first-order valence-corrected chi connectivity index (χ1v) is 6.34. The van der Waals surface area contributed by atoms with E-state index in [2.05, 4.69) is 41.1 Å². The van der Waals surface area contributed by atoms with Gasteiger partial charge in [0.15, 0.2) is 0 Å².